The molecule has 30 heavy (non-hydrogen) atoms. The average molecular weight is 422 g/mol. The van der Waals surface area contributed by atoms with Gasteiger partial charge in [0.05, 0.1) is 28.9 Å². The quantitative estimate of drug-likeness (QED) is 0.367. The van der Waals surface area contributed by atoms with Gasteiger partial charge in [-0.2, -0.15) is 0 Å². The van der Waals surface area contributed by atoms with E-state index >= 15 is 0 Å². The third kappa shape index (κ3) is 3.98. The highest BCUT2D eigenvalue weighted by Gasteiger charge is 2.17. The van der Waals surface area contributed by atoms with E-state index in [4.69, 9.17) is 21.1 Å². The van der Waals surface area contributed by atoms with Crippen LogP contribution in [0.15, 0.2) is 72.8 Å². The maximum Gasteiger partial charge on any atom is 0.339 e. The lowest BCUT2D eigenvalue weighted by Gasteiger charge is -2.11. The fourth-order valence-corrected chi connectivity index (χ4v) is 3.36. The Kier molecular flexibility index (Phi) is 5.63. The van der Waals surface area contributed by atoms with Gasteiger partial charge in [0.15, 0.2) is 0 Å². The Balaban J connectivity index is 1.70. The number of rotatable bonds is 5. The van der Waals surface area contributed by atoms with Gasteiger partial charge in [-0.1, -0.05) is 35.9 Å². The van der Waals surface area contributed by atoms with E-state index in [1.165, 1.54) is 12.1 Å². The summed E-state index contributed by atoms with van der Waals surface area (Å²) in [6, 6.07) is 20.7. The molecule has 0 saturated heterocycles. The topological polar surface area (TPSA) is 48.4 Å². The van der Waals surface area contributed by atoms with Crippen LogP contribution in [-0.4, -0.2) is 18.1 Å². The summed E-state index contributed by atoms with van der Waals surface area (Å²) in [5, 5.41) is 0.862. The number of aromatic nitrogens is 1. The Morgan fingerprint density at radius 2 is 1.80 bits per heavy atom. The summed E-state index contributed by atoms with van der Waals surface area (Å²) in [5.74, 6) is -0.377. The SMILES string of the molecule is COc1ccc(-c2cc(C(=O)OCc3c(F)cccc3Cl)c3ccccc3n2)cc1. The molecule has 6 heteroatoms. The maximum absolute atomic E-state index is 14.0. The number of carbonyl (C=O) groups is 1. The van der Waals surface area contributed by atoms with Crippen LogP contribution in [0.3, 0.4) is 0 Å². The van der Waals surface area contributed by atoms with E-state index in [9.17, 15) is 9.18 Å². The summed E-state index contributed by atoms with van der Waals surface area (Å²) in [6.45, 7) is -0.265. The molecule has 0 bridgehead atoms. The van der Waals surface area contributed by atoms with Crippen LogP contribution in [0.2, 0.25) is 5.02 Å². The molecule has 1 aromatic heterocycles. The van der Waals surface area contributed by atoms with Gasteiger partial charge in [-0.05, 0) is 48.5 Å². The van der Waals surface area contributed by atoms with Gasteiger partial charge in [-0.15, -0.1) is 0 Å². The zero-order valence-electron chi connectivity index (χ0n) is 16.1. The predicted molar refractivity (Wildman–Crippen MR) is 114 cm³/mol. The van der Waals surface area contributed by atoms with Crippen molar-refractivity contribution < 1.29 is 18.7 Å². The number of hydrogen-bond donors (Lipinski definition) is 0. The molecule has 4 nitrogen and oxygen atoms in total. The number of pyridine rings is 1. The van der Waals surface area contributed by atoms with Crippen molar-refractivity contribution in [3.63, 3.8) is 0 Å². The second-order valence-corrected chi connectivity index (χ2v) is 6.98. The Morgan fingerprint density at radius 1 is 1.03 bits per heavy atom. The number of ether oxygens (including phenoxy) is 2. The minimum atomic E-state index is -0.581. The molecule has 1 heterocycles. The van der Waals surface area contributed by atoms with Crippen molar-refractivity contribution in [2.45, 2.75) is 6.61 Å². The zero-order valence-corrected chi connectivity index (χ0v) is 16.8. The number of benzene rings is 3. The molecule has 0 spiro atoms. The van der Waals surface area contributed by atoms with E-state index in [2.05, 4.69) is 4.98 Å². The Morgan fingerprint density at radius 3 is 2.53 bits per heavy atom. The number of hydrogen-bond acceptors (Lipinski definition) is 4. The molecule has 0 aliphatic carbocycles. The lowest BCUT2D eigenvalue weighted by atomic mass is 10.0. The minimum Gasteiger partial charge on any atom is -0.497 e. The molecule has 0 amide bonds. The molecule has 0 saturated carbocycles. The van der Waals surface area contributed by atoms with Crippen LogP contribution < -0.4 is 4.74 Å². The normalized spacial score (nSPS) is 10.8. The van der Waals surface area contributed by atoms with Gasteiger partial charge in [0, 0.05) is 16.5 Å². The van der Waals surface area contributed by atoms with Crippen molar-refractivity contribution >= 4 is 28.5 Å². The molecule has 0 aliphatic rings. The summed E-state index contributed by atoms with van der Waals surface area (Å²) in [5.41, 5.74) is 2.59. The Hall–Kier alpha value is -3.44. The zero-order chi connectivity index (χ0) is 21.1. The first-order chi connectivity index (χ1) is 14.6. The lowest BCUT2D eigenvalue weighted by molar-refractivity contribution is 0.0471. The van der Waals surface area contributed by atoms with Crippen LogP contribution >= 0.6 is 11.6 Å². The number of methoxy groups -OCH3 is 1. The highest BCUT2D eigenvalue weighted by Crippen LogP contribution is 2.27. The maximum atomic E-state index is 14.0. The molecular weight excluding hydrogens is 405 g/mol. The highest BCUT2D eigenvalue weighted by molar-refractivity contribution is 6.31. The van der Waals surface area contributed by atoms with Gasteiger partial charge in [-0.3, -0.25) is 0 Å². The van der Waals surface area contributed by atoms with Crippen molar-refractivity contribution in [1.82, 2.24) is 4.98 Å². The van der Waals surface area contributed by atoms with Crippen molar-refractivity contribution in [2.75, 3.05) is 7.11 Å². The lowest BCUT2D eigenvalue weighted by Crippen LogP contribution is -2.08. The van der Waals surface area contributed by atoms with Crippen LogP contribution in [0.25, 0.3) is 22.2 Å². The van der Waals surface area contributed by atoms with E-state index in [0.29, 0.717) is 22.2 Å². The molecule has 0 radical (unpaired) electrons. The van der Waals surface area contributed by atoms with Crippen LogP contribution in [0.5, 0.6) is 5.75 Å². The smallest absolute Gasteiger partial charge is 0.339 e. The van der Waals surface area contributed by atoms with E-state index < -0.39 is 11.8 Å². The summed E-state index contributed by atoms with van der Waals surface area (Å²) in [7, 11) is 1.60. The fraction of sp³-hybridized carbons (Fsp3) is 0.0833. The van der Waals surface area contributed by atoms with Crippen LogP contribution in [0.4, 0.5) is 4.39 Å². The molecular formula is C24H17ClFNO3. The van der Waals surface area contributed by atoms with Gasteiger partial charge < -0.3 is 9.47 Å². The van der Waals surface area contributed by atoms with Gasteiger partial charge in [-0.25, -0.2) is 14.2 Å². The van der Waals surface area contributed by atoms with E-state index in [1.807, 2.05) is 42.5 Å². The standard InChI is InChI=1S/C24H17ClFNO3/c1-29-16-11-9-15(10-12-16)23-13-18(17-5-2-3-8-22(17)27-23)24(28)30-14-19-20(25)6-4-7-21(19)26/h2-13H,14H2,1H3. The van der Waals surface area contributed by atoms with Crippen molar-refractivity contribution in [3.05, 3.63) is 94.8 Å². The van der Waals surface area contributed by atoms with E-state index in [-0.39, 0.29) is 17.2 Å². The number of nitrogens with zero attached hydrogens (tertiary/aromatic N) is 1. The van der Waals surface area contributed by atoms with Crippen molar-refractivity contribution in [2.24, 2.45) is 0 Å². The number of halogens is 2. The van der Waals surface area contributed by atoms with E-state index in [1.54, 1.807) is 25.3 Å². The Labute approximate surface area is 177 Å². The van der Waals surface area contributed by atoms with Gasteiger partial charge in [0.2, 0.25) is 0 Å². The second kappa shape index (κ2) is 8.51. The molecule has 4 aromatic rings. The number of esters is 1. The average Bonchev–Trinajstić information content (AvgIpc) is 2.78. The first-order valence-electron chi connectivity index (χ1n) is 9.21. The molecule has 0 unspecified atom stereocenters. The molecule has 0 atom stereocenters. The van der Waals surface area contributed by atoms with Gasteiger partial charge in [0.1, 0.15) is 18.2 Å². The molecule has 0 fully saturated rings. The first-order valence-corrected chi connectivity index (χ1v) is 9.59. The predicted octanol–water partition coefficient (Wildman–Crippen LogP) is 6.06. The van der Waals surface area contributed by atoms with Crippen molar-refractivity contribution in [1.29, 1.82) is 0 Å². The highest BCUT2D eigenvalue weighted by atomic mass is 35.5. The molecule has 3 aromatic carbocycles. The largest absolute Gasteiger partial charge is 0.497 e. The van der Waals surface area contributed by atoms with E-state index in [0.717, 1.165) is 11.3 Å². The third-order valence-electron chi connectivity index (χ3n) is 4.73. The Bertz CT molecular complexity index is 1200. The third-order valence-corrected chi connectivity index (χ3v) is 5.09. The summed E-state index contributed by atoms with van der Waals surface area (Å²) >= 11 is 6.03. The minimum absolute atomic E-state index is 0.140. The van der Waals surface area contributed by atoms with Gasteiger partial charge >= 0.3 is 5.97 Å². The summed E-state index contributed by atoms with van der Waals surface area (Å²) in [4.78, 5) is 17.6. The summed E-state index contributed by atoms with van der Waals surface area (Å²) in [6.07, 6.45) is 0. The molecule has 4 rings (SSSR count). The molecule has 0 N–H and O–H groups in total. The number of carbonyl (C=O) groups excluding carboxylic acids is 1. The van der Waals surface area contributed by atoms with Gasteiger partial charge in [0.25, 0.3) is 0 Å². The first kappa shape index (κ1) is 19.9. The van der Waals surface area contributed by atoms with Crippen LogP contribution in [0.1, 0.15) is 15.9 Å². The summed E-state index contributed by atoms with van der Waals surface area (Å²) < 4.78 is 24.6. The van der Waals surface area contributed by atoms with Crippen LogP contribution in [0, 0.1) is 5.82 Å². The van der Waals surface area contributed by atoms with Crippen molar-refractivity contribution in [3.8, 4) is 17.0 Å². The molecule has 150 valence electrons. The number of para-hydroxylation sites is 1. The monoisotopic (exact) mass is 421 g/mol. The molecule has 0 aliphatic heterocycles. The van der Waals surface area contributed by atoms with Crippen LogP contribution in [-0.2, 0) is 11.3 Å². The second-order valence-electron chi connectivity index (χ2n) is 6.58. The fourth-order valence-electron chi connectivity index (χ4n) is 3.14. The number of fused-ring (bicyclic) bond motifs is 1.